The first kappa shape index (κ1) is 12.9. The SMILES string of the molecule is CN1C(=O)CCCC1c1ccc(C(F)(F)F)cc1. The molecule has 18 heavy (non-hydrogen) atoms. The maximum Gasteiger partial charge on any atom is 0.416 e. The van der Waals surface area contributed by atoms with Gasteiger partial charge in [0.05, 0.1) is 11.6 Å². The zero-order chi connectivity index (χ0) is 13.3. The summed E-state index contributed by atoms with van der Waals surface area (Å²) < 4.78 is 37.3. The summed E-state index contributed by atoms with van der Waals surface area (Å²) >= 11 is 0. The van der Waals surface area contributed by atoms with E-state index in [0.29, 0.717) is 6.42 Å². The summed E-state index contributed by atoms with van der Waals surface area (Å²) in [5.74, 6) is 0.0474. The minimum Gasteiger partial charge on any atom is -0.339 e. The molecule has 1 unspecified atom stereocenters. The van der Waals surface area contributed by atoms with Crippen molar-refractivity contribution < 1.29 is 18.0 Å². The van der Waals surface area contributed by atoms with Crippen LogP contribution in [0.5, 0.6) is 0 Å². The van der Waals surface area contributed by atoms with Gasteiger partial charge < -0.3 is 4.90 Å². The molecule has 5 heteroatoms. The number of carbonyl (C=O) groups is 1. The van der Waals surface area contributed by atoms with Gasteiger partial charge in [0.1, 0.15) is 0 Å². The molecule has 1 aliphatic rings. The molecule has 1 saturated heterocycles. The second-order valence-corrected chi connectivity index (χ2v) is 4.53. The van der Waals surface area contributed by atoms with Crippen molar-refractivity contribution in [3.8, 4) is 0 Å². The highest BCUT2D eigenvalue weighted by Gasteiger charge is 2.31. The molecule has 2 nitrogen and oxygen atoms in total. The lowest BCUT2D eigenvalue weighted by atomic mass is 9.95. The number of amides is 1. The zero-order valence-corrected chi connectivity index (χ0v) is 10.00. The van der Waals surface area contributed by atoms with Crippen molar-refractivity contribution in [3.63, 3.8) is 0 Å². The van der Waals surface area contributed by atoms with Gasteiger partial charge in [-0.2, -0.15) is 13.2 Å². The predicted octanol–water partition coefficient (Wildman–Crippen LogP) is 3.39. The summed E-state index contributed by atoms with van der Waals surface area (Å²) in [6, 6.07) is 4.96. The fourth-order valence-corrected chi connectivity index (χ4v) is 2.27. The predicted molar refractivity (Wildman–Crippen MR) is 60.8 cm³/mol. The van der Waals surface area contributed by atoms with Crippen molar-refractivity contribution >= 4 is 5.91 Å². The number of rotatable bonds is 1. The second-order valence-electron chi connectivity index (χ2n) is 4.53. The molecule has 98 valence electrons. The van der Waals surface area contributed by atoms with Gasteiger partial charge in [-0.1, -0.05) is 12.1 Å². The van der Waals surface area contributed by atoms with Gasteiger partial charge in [0, 0.05) is 13.5 Å². The Morgan fingerprint density at radius 3 is 2.39 bits per heavy atom. The Morgan fingerprint density at radius 1 is 1.22 bits per heavy atom. The largest absolute Gasteiger partial charge is 0.416 e. The summed E-state index contributed by atoms with van der Waals surface area (Å²) in [5, 5.41) is 0. The van der Waals surface area contributed by atoms with Crippen LogP contribution in [0.4, 0.5) is 13.2 Å². The first-order valence-corrected chi connectivity index (χ1v) is 5.82. The number of alkyl halides is 3. The maximum absolute atomic E-state index is 12.4. The number of hydrogen-bond donors (Lipinski definition) is 0. The molecule has 2 rings (SSSR count). The van der Waals surface area contributed by atoms with Gasteiger partial charge in [-0.3, -0.25) is 4.79 Å². The molecule has 0 aromatic heterocycles. The Bertz CT molecular complexity index is 439. The van der Waals surface area contributed by atoms with Gasteiger partial charge in [-0.25, -0.2) is 0 Å². The first-order valence-electron chi connectivity index (χ1n) is 5.82. The lowest BCUT2D eigenvalue weighted by Crippen LogP contribution is -2.34. The van der Waals surface area contributed by atoms with Crippen LogP contribution in [0.2, 0.25) is 0 Å². The van der Waals surface area contributed by atoms with E-state index in [0.717, 1.165) is 30.5 Å². The minimum atomic E-state index is -4.31. The molecule has 1 atom stereocenters. The van der Waals surface area contributed by atoms with E-state index in [1.54, 1.807) is 11.9 Å². The molecule has 0 bridgehead atoms. The van der Waals surface area contributed by atoms with Crippen molar-refractivity contribution in [3.05, 3.63) is 35.4 Å². The number of halogens is 3. The summed E-state index contributed by atoms with van der Waals surface area (Å²) in [4.78, 5) is 13.2. The van der Waals surface area contributed by atoms with Gasteiger partial charge in [-0.15, -0.1) is 0 Å². The van der Waals surface area contributed by atoms with Gasteiger partial charge >= 0.3 is 6.18 Å². The fraction of sp³-hybridized carbons (Fsp3) is 0.462. The quantitative estimate of drug-likeness (QED) is 0.755. The number of benzene rings is 1. The van der Waals surface area contributed by atoms with E-state index in [4.69, 9.17) is 0 Å². The van der Waals surface area contributed by atoms with Gasteiger partial charge in [0.15, 0.2) is 0 Å². The van der Waals surface area contributed by atoms with E-state index in [-0.39, 0.29) is 11.9 Å². The Hall–Kier alpha value is -1.52. The van der Waals surface area contributed by atoms with Crippen LogP contribution in [-0.4, -0.2) is 17.9 Å². The third-order valence-corrected chi connectivity index (χ3v) is 3.35. The molecule has 0 aliphatic carbocycles. The molecule has 1 aromatic rings. The molecule has 1 aromatic carbocycles. The summed E-state index contributed by atoms with van der Waals surface area (Å²) in [7, 11) is 1.70. The van der Waals surface area contributed by atoms with E-state index < -0.39 is 11.7 Å². The molecule has 1 fully saturated rings. The Morgan fingerprint density at radius 2 is 1.83 bits per heavy atom. The number of likely N-dealkylation sites (tertiary alicyclic amines) is 1. The van der Waals surface area contributed by atoms with Gasteiger partial charge in [-0.05, 0) is 30.5 Å². The minimum absolute atomic E-state index is 0.0474. The molecule has 0 N–H and O–H groups in total. The monoisotopic (exact) mass is 257 g/mol. The molecular formula is C13H14F3NO. The highest BCUT2D eigenvalue weighted by atomic mass is 19.4. The second kappa shape index (κ2) is 4.63. The summed E-state index contributed by atoms with van der Waals surface area (Å²) in [6.45, 7) is 0. The van der Waals surface area contributed by atoms with Crippen LogP contribution in [-0.2, 0) is 11.0 Å². The van der Waals surface area contributed by atoms with Crippen LogP contribution in [0.15, 0.2) is 24.3 Å². The van der Waals surface area contributed by atoms with Crippen LogP contribution in [0.25, 0.3) is 0 Å². The van der Waals surface area contributed by atoms with Crippen LogP contribution in [0, 0.1) is 0 Å². The summed E-state index contributed by atoms with van der Waals surface area (Å²) in [5.41, 5.74) is 0.106. The normalized spacial score (nSPS) is 21.2. The van der Waals surface area contributed by atoms with E-state index in [1.165, 1.54) is 12.1 Å². The molecular weight excluding hydrogens is 243 g/mol. The van der Waals surface area contributed by atoms with Gasteiger partial charge in [0.2, 0.25) is 5.91 Å². The van der Waals surface area contributed by atoms with Crippen molar-refractivity contribution in [1.82, 2.24) is 4.90 Å². The highest BCUT2D eigenvalue weighted by molar-refractivity contribution is 5.77. The third kappa shape index (κ3) is 2.49. The lowest BCUT2D eigenvalue weighted by Gasteiger charge is -2.32. The van der Waals surface area contributed by atoms with Gasteiger partial charge in [0.25, 0.3) is 0 Å². The fourth-order valence-electron chi connectivity index (χ4n) is 2.27. The van der Waals surface area contributed by atoms with E-state index in [1.807, 2.05) is 0 Å². The molecule has 1 heterocycles. The van der Waals surface area contributed by atoms with E-state index in [2.05, 4.69) is 0 Å². The Balaban J connectivity index is 2.21. The third-order valence-electron chi connectivity index (χ3n) is 3.35. The van der Waals surface area contributed by atoms with Crippen LogP contribution < -0.4 is 0 Å². The maximum atomic E-state index is 12.4. The Labute approximate surface area is 103 Å². The Kier molecular flexibility index (Phi) is 3.32. The van der Waals surface area contributed by atoms with Crippen LogP contribution in [0.1, 0.15) is 36.4 Å². The van der Waals surface area contributed by atoms with Crippen molar-refractivity contribution in [2.75, 3.05) is 7.05 Å². The van der Waals surface area contributed by atoms with E-state index >= 15 is 0 Å². The molecule has 1 amide bonds. The first-order chi connectivity index (χ1) is 8.39. The topological polar surface area (TPSA) is 20.3 Å². The molecule has 0 saturated carbocycles. The zero-order valence-electron chi connectivity index (χ0n) is 10.00. The number of hydrogen-bond acceptors (Lipinski definition) is 1. The van der Waals surface area contributed by atoms with Crippen molar-refractivity contribution in [1.29, 1.82) is 0 Å². The average molecular weight is 257 g/mol. The highest BCUT2D eigenvalue weighted by Crippen LogP contribution is 2.33. The molecule has 1 aliphatic heterocycles. The number of piperidine rings is 1. The van der Waals surface area contributed by atoms with E-state index in [9.17, 15) is 18.0 Å². The smallest absolute Gasteiger partial charge is 0.339 e. The number of nitrogens with zero attached hydrogens (tertiary/aromatic N) is 1. The standard InChI is InChI=1S/C13H14F3NO/c1-17-11(3-2-4-12(17)18)9-5-7-10(8-6-9)13(14,15)16/h5-8,11H,2-4H2,1H3. The van der Waals surface area contributed by atoms with Crippen molar-refractivity contribution in [2.24, 2.45) is 0 Å². The lowest BCUT2D eigenvalue weighted by molar-refractivity contribution is -0.138. The molecule has 0 radical (unpaired) electrons. The van der Waals surface area contributed by atoms with Crippen LogP contribution >= 0.6 is 0 Å². The number of carbonyl (C=O) groups excluding carboxylic acids is 1. The van der Waals surface area contributed by atoms with Crippen LogP contribution in [0.3, 0.4) is 0 Å². The van der Waals surface area contributed by atoms with Crippen molar-refractivity contribution in [2.45, 2.75) is 31.5 Å². The molecule has 0 spiro atoms. The average Bonchev–Trinajstić information content (AvgIpc) is 2.32. The summed E-state index contributed by atoms with van der Waals surface area (Å²) in [6.07, 6.45) is -2.21.